The molecular formula is C12H8FNO4S. The van der Waals surface area contributed by atoms with Gasteiger partial charge in [-0.05, 0) is 23.6 Å². The Bertz CT molecular complexity index is 612. The summed E-state index contributed by atoms with van der Waals surface area (Å²) in [6, 6.07) is 6.51. The lowest BCUT2D eigenvalue weighted by Crippen LogP contribution is -2.06. The summed E-state index contributed by atoms with van der Waals surface area (Å²) in [6.07, 6.45) is 0. The van der Waals surface area contributed by atoms with Gasteiger partial charge in [-0.25, -0.2) is 4.79 Å². The molecule has 0 saturated carbocycles. The Kier molecular flexibility index (Phi) is 3.86. The maximum atomic E-state index is 13.1. The van der Waals surface area contributed by atoms with Gasteiger partial charge in [0.1, 0.15) is 6.61 Å². The molecule has 0 aliphatic heterocycles. The number of nitro benzene ring substituents is 1. The smallest absolute Gasteiger partial charge is 0.338 e. The molecule has 1 aromatic heterocycles. The first-order valence-electron chi connectivity index (χ1n) is 5.21. The molecular weight excluding hydrogens is 273 g/mol. The van der Waals surface area contributed by atoms with Gasteiger partial charge in [0, 0.05) is 10.9 Å². The Morgan fingerprint density at radius 2 is 2.21 bits per heavy atom. The molecule has 2 rings (SSSR count). The van der Waals surface area contributed by atoms with Crippen molar-refractivity contribution in [2.24, 2.45) is 0 Å². The Labute approximate surface area is 111 Å². The molecule has 0 bridgehead atoms. The molecule has 0 atom stereocenters. The third kappa shape index (κ3) is 3.14. The summed E-state index contributed by atoms with van der Waals surface area (Å²) in [4.78, 5) is 22.2. The third-order valence-electron chi connectivity index (χ3n) is 2.30. The van der Waals surface area contributed by atoms with Crippen LogP contribution in [0.4, 0.5) is 10.1 Å². The predicted octanol–water partition coefficient (Wildman–Crippen LogP) is 3.15. The largest absolute Gasteiger partial charge is 0.456 e. The second-order valence-electron chi connectivity index (χ2n) is 3.58. The van der Waals surface area contributed by atoms with Crippen LogP contribution in [0.25, 0.3) is 0 Å². The van der Waals surface area contributed by atoms with Crippen LogP contribution in [0.15, 0.2) is 35.7 Å². The van der Waals surface area contributed by atoms with Crippen molar-refractivity contribution in [2.75, 3.05) is 0 Å². The molecule has 7 heteroatoms. The Morgan fingerprint density at radius 1 is 1.42 bits per heavy atom. The van der Waals surface area contributed by atoms with Crippen molar-refractivity contribution in [3.05, 3.63) is 62.1 Å². The van der Waals surface area contributed by atoms with E-state index in [9.17, 15) is 19.3 Å². The lowest BCUT2D eigenvalue weighted by Gasteiger charge is -2.03. The molecule has 98 valence electrons. The van der Waals surface area contributed by atoms with Gasteiger partial charge in [0.05, 0.1) is 10.5 Å². The number of hydrogen-bond donors (Lipinski definition) is 0. The van der Waals surface area contributed by atoms with Crippen LogP contribution in [-0.2, 0) is 11.3 Å². The van der Waals surface area contributed by atoms with Crippen LogP contribution < -0.4 is 0 Å². The van der Waals surface area contributed by atoms with Crippen molar-refractivity contribution in [3.63, 3.8) is 0 Å². The third-order valence-corrected chi connectivity index (χ3v) is 3.15. The fourth-order valence-electron chi connectivity index (χ4n) is 1.39. The number of hydrogen-bond acceptors (Lipinski definition) is 5. The zero-order valence-electron chi connectivity index (χ0n) is 9.54. The van der Waals surface area contributed by atoms with Gasteiger partial charge in [-0.2, -0.15) is 4.39 Å². The molecule has 0 radical (unpaired) electrons. The number of halogens is 1. The minimum atomic E-state index is -0.986. The first-order valence-corrected chi connectivity index (χ1v) is 6.09. The summed E-state index contributed by atoms with van der Waals surface area (Å²) in [6.45, 7) is 0.0850. The SMILES string of the molecule is O=C(OCc1cccs1)c1ccc(F)c([N+](=O)[O-])c1. The van der Waals surface area contributed by atoms with Crippen molar-refractivity contribution >= 4 is 23.0 Å². The molecule has 0 aliphatic carbocycles. The summed E-state index contributed by atoms with van der Waals surface area (Å²) in [5.74, 6) is -1.71. The van der Waals surface area contributed by atoms with E-state index in [2.05, 4.69) is 0 Å². The average Bonchev–Trinajstić information content (AvgIpc) is 2.89. The number of nitro groups is 1. The molecule has 0 N–H and O–H groups in total. The van der Waals surface area contributed by atoms with Crippen LogP contribution in [0.2, 0.25) is 0 Å². The fraction of sp³-hybridized carbons (Fsp3) is 0.0833. The van der Waals surface area contributed by atoms with Crippen molar-refractivity contribution < 1.29 is 18.8 Å². The van der Waals surface area contributed by atoms with Crippen molar-refractivity contribution in [2.45, 2.75) is 6.61 Å². The lowest BCUT2D eigenvalue weighted by atomic mass is 10.2. The molecule has 1 heterocycles. The second kappa shape index (κ2) is 5.57. The predicted molar refractivity (Wildman–Crippen MR) is 66.5 cm³/mol. The maximum absolute atomic E-state index is 13.1. The van der Waals surface area contributed by atoms with Crippen molar-refractivity contribution in [1.29, 1.82) is 0 Å². The van der Waals surface area contributed by atoms with Gasteiger partial charge in [-0.3, -0.25) is 10.1 Å². The topological polar surface area (TPSA) is 69.4 Å². The Morgan fingerprint density at radius 3 is 2.84 bits per heavy atom. The zero-order chi connectivity index (χ0) is 13.8. The Hall–Kier alpha value is -2.28. The summed E-state index contributed by atoms with van der Waals surface area (Å²) < 4.78 is 18.1. The first-order chi connectivity index (χ1) is 9.08. The van der Waals surface area contributed by atoms with Crippen molar-refractivity contribution in [1.82, 2.24) is 0 Å². The second-order valence-corrected chi connectivity index (χ2v) is 4.61. The summed E-state index contributed by atoms with van der Waals surface area (Å²) in [7, 11) is 0. The van der Waals surface area contributed by atoms with Gasteiger partial charge in [-0.15, -0.1) is 11.3 Å². The van der Waals surface area contributed by atoms with Gasteiger partial charge in [0.25, 0.3) is 0 Å². The molecule has 0 saturated heterocycles. The number of rotatable bonds is 4. The quantitative estimate of drug-likeness (QED) is 0.490. The highest BCUT2D eigenvalue weighted by molar-refractivity contribution is 7.09. The highest BCUT2D eigenvalue weighted by Gasteiger charge is 2.18. The van der Waals surface area contributed by atoms with Crippen molar-refractivity contribution in [3.8, 4) is 0 Å². The molecule has 0 aliphatic rings. The molecule has 2 aromatic rings. The minimum absolute atomic E-state index is 0.0512. The van der Waals surface area contributed by atoms with Crippen LogP contribution in [0.5, 0.6) is 0 Å². The number of esters is 1. The molecule has 0 unspecified atom stereocenters. The standard InChI is InChI=1S/C12H8FNO4S/c13-10-4-3-8(6-11(10)14(16)17)12(15)18-7-9-2-1-5-19-9/h1-6H,7H2. The first kappa shape index (κ1) is 13.2. The highest BCUT2D eigenvalue weighted by Crippen LogP contribution is 2.19. The number of benzene rings is 1. The zero-order valence-corrected chi connectivity index (χ0v) is 10.4. The summed E-state index contributed by atoms with van der Waals surface area (Å²) >= 11 is 1.43. The van der Waals surface area contributed by atoms with Crippen LogP contribution >= 0.6 is 11.3 Å². The molecule has 0 fully saturated rings. The van der Waals surface area contributed by atoms with Crippen LogP contribution in [0.1, 0.15) is 15.2 Å². The maximum Gasteiger partial charge on any atom is 0.338 e. The summed E-state index contributed by atoms with van der Waals surface area (Å²) in [5, 5.41) is 12.4. The molecule has 5 nitrogen and oxygen atoms in total. The van der Waals surface area contributed by atoms with Gasteiger partial charge < -0.3 is 4.74 Å². The lowest BCUT2D eigenvalue weighted by molar-refractivity contribution is -0.387. The van der Waals surface area contributed by atoms with E-state index in [-0.39, 0.29) is 12.2 Å². The highest BCUT2D eigenvalue weighted by atomic mass is 32.1. The molecule has 19 heavy (non-hydrogen) atoms. The molecule has 0 amide bonds. The number of carbonyl (C=O) groups excluding carboxylic acids is 1. The van der Waals surface area contributed by atoms with E-state index in [4.69, 9.17) is 4.74 Å². The molecule has 0 spiro atoms. The van der Waals surface area contributed by atoms with E-state index < -0.39 is 22.4 Å². The van der Waals surface area contributed by atoms with E-state index in [1.807, 2.05) is 11.4 Å². The average molecular weight is 281 g/mol. The van der Waals surface area contributed by atoms with Gasteiger partial charge in [0.15, 0.2) is 0 Å². The Balaban J connectivity index is 2.11. The normalized spacial score (nSPS) is 10.2. The van der Waals surface area contributed by atoms with Gasteiger partial charge in [0.2, 0.25) is 5.82 Å². The number of nitrogens with zero attached hydrogens (tertiary/aromatic N) is 1. The summed E-state index contributed by atoms with van der Waals surface area (Å²) in [5.41, 5.74) is -0.796. The van der Waals surface area contributed by atoms with E-state index in [1.54, 1.807) is 6.07 Å². The van der Waals surface area contributed by atoms with E-state index >= 15 is 0 Å². The van der Waals surface area contributed by atoms with Crippen LogP contribution in [0, 0.1) is 15.9 Å². The van der Waals surface area contributed by atoms with Crippen LogP contribution in [-0.4, -0.2) is 10.9 Å². The van der Waals surface area contributed by atoms with Gasteiger partial charge in [-0.1, -0.05) is 6.07 Å². The monoisotopic (exact) mass is 281 g/mol. The van der Waals surface area contributed by atoms with E-state index in [0.29, 0.717) is 0 Å². The van der Waals surface area contributed by atoms with Gasteiger partial charge >= 0.3 is 11.7 Å². The fourth-order valence-corrected chi connectivity index (χ4v) is 2.01. The number of carbonyl (C=O) groups is 1. The van der Waals surface area contributed by atoms with E-state index in [1.165, 1.54) is 11.3 Å². The minimum Gasteiger partial charge on any atom is -0.456 e. The molecule has 1 aromatic carbocycles. The number of ether oxygens (including phenoxy) is 1. The van der Waals surface area contributed by atoms with Crippen LogP contribution in [0.3, 0.4) is 0 Å². The number of thiophene rings is 1. The van der Waals surface area contributed by atoms with E-state index in [0.717, 1.165) is 23.1 Å².